The van der Waals surface area contributed by atoms with Crippen molar-refractivity contribution < 1.29 is 14.3 Å². The highest BCUT2D eigenvalue weighted by atomic mass is 16.5. The number of carbonyl (C=O) groups is 2. The van der Waals surface area contributed by atoms with E-state index in [1.54, 1.807) is 4.90 Å². The zero-order valence-electron chi connectivity index (χ0n) is 16.2. The fourth-order valence-electron chi connectivity index (χ4n) is 3.42. The van der Waals surface area contributed by atoms with E-state index >= 15 is 0 Å². The molecule has 1 fully saturated rings. The number of anilines is 1. The molecule has 1 aliphatic rings. The van der Waals surface area contributed by atoms with Gasteiger partial charge in [-0.05, 0) is 12.1 Å². The molecule has 29 heavy (non-hydrogen) atoms. The molecule has 4 rings (SSSR count). The van der Waals surface area contributed by atoms with Crippen molar-refractivity contribution in [3.63, 3.8) is 0 Å². The Morgan fingerprint density at radius 3 is 2.17 bits per heavy atom. The smallest absolute Gasteiger partial charge is 0.303 e. The lowest BCUT2D eigenvalue weighted by atomic mass is 10.1. The monoisotopic (exact) mass is 390 g/mol. The lowest BCUT2D eigenvalue weighted by Crippen LogP contribution is -2.50. The summed E-state index contributed by atoms with van der Waals surface area (Å²) < 4.78 is 4.83. The Morgan fingerprint density at radius 1 is 0.897 bits per heavy atom. The molecule has 0 saturated carbocycles. The van der Waals surface area contributed by atoms with Gasteiger partial charge in [-0.2, -0.15) is 0 Å². The van der Waals surface area contributed by atoms with Gasteiger partial charge >= 0.3 is 5.97 Å². The zero-order chi connectivity index (χ0) is 20.2. The second-order valence-corrected chi connectivity index (χ2v) is 6.90. The molecule has 2 aromatic carbocycles. The van der Waals surface area contributed by atoms with Crippen LogP contribution in [0.3, 0.4) is 0 Å². The first-order chi connectivity index (χ1) is 14.1. The molecule has 1 saturated heterocycles. The second kappa shape index (κ2) is 8.26. The van der Waals surface area contributed by atoms with Crippen molar-refractivity contribution >= 4 is 28.7 Å². The van der Waals surface area contributed by atoms with E-state index in [4.69, 9.17) is 14.7 Å². The standard InChI is InChI=1S/C22H22N4O3/c1-16(27)29-15-20(28)25-11-13-26(14-12-25)22-21(17-7-3-2-4-8-17)23-18-9-5-6-10-19(18)24-22/h2-10H,11-15H2,1H3. The summed E-state index contributed by atoms with van der Waals surface area (Å²) in [5, 5.41) is 0. The normalized spacial score (nSPS) is 14.1. The van der Waals surface area contributed by atoms with Gasteiger partial charge < -0.3 is 14.5 Å². The van der Waals surface area contributed by atoms with Crippen molar-refractivity contribution in [2.24, 2.45) is 0 Å². The van der Waals surface area contributed by atoms with E-state index in [0.29, 0.717) is 26.2 Å². The van der Waals surface area contributed by atoms with Crippen LogP contribution in [0.1, 0.15) is 6.92 Å². The van der Waals surface area contributed by atoms with E-state index < -0.39 is 5.97 Å². The van der Waals surface area contributed by atoms with Crippen LogP contribution in [-0.2, 0) is 14.3 Å². The quantitative estimate of drug-likeness (QED) is 0.637. The van der Waals surface area contributed by atoms with Gasteiger partial charge in [0.2, 0.25) is 0 Å². The fraction of sp³-hybridized carbons (Fsp3) is 0.273. The van der Waals surface area contributed by atoms with Crippen LogP contribution in [-0.4, -0.2) is 59.5 Å². The fourth-order valence-corrected chi connectivity index (χ4v) is 3.42. The van der Waals surface area contributed by atoms with Crippen LogP contribution < -0.4 is 4.90 Å². The van der Waals surface area contributed by atoms with Gasteiger partial charge in [-0.3, -0.25) is 9.59 Å². The van der Waals surface area contributed by atoms with E-state index in [9.17, 15) is 9.59 Å². The summed E-state index contributed by atoms with van der Waals surface area (Å²) in [7, 11) is 0. The van der Waals surface area contributed by atoms with E-state index in [1.807, 2.05) is 54.6 Å². The van der Waals surface area contributed by atoms with Crippen LogP contribution >= 0.6 is 0 Å². The molecule has 1 amide bonds. The highest BCUT2D eigenvalue weighted by Gasteiger charge is 2.25. The summed E-state index contributed by atoms with van der Waals surface area (Å²) in [6.07, 6.45) is 0. The molecule has 2 heterocycles. The molecule has 0 spiro atoms. The molecule has 0 unspecified atom stereocenters. The summed E-state index contributed by atoms with van der Waals surface area (Å²) in [6.45, 7) is 3.46. The molecule has 0 atom stereocenters. The maximum absolute atomic E-state index is 12.2. The van der Waals surface area contributed by atoms with Gasteiger partial charge in [0, 0.05) is 38.7 Å². The first kappa shape index (κ1) is 18.9. The maximum Gasteiger partial charge on any atom is 0.303 e. The third-order valence-corrected chi connectivity index (χ3v) is 4.93. The number of para-hydroxylation sites is 2. The molecular formula is C22H22N4O3. The molecule has 7 heteroatoms. The SMILES string of the molecule is CC(=O)OCC(=O)N1CCN(c2nc3ccccc3nc2-c2ccccc2)CC1. The topological polar surface area (TPSA) is 75.6 Å². The first-order valence-corrected chi connectivity index (χ1v) is 9.60. The van der Waals surface area contributed by atoms with E-state index in [-0.39, 0.29) is 12.5 Å². The number of amides is 1. The van der Waals surface area contributed by atoms with Gasteiger partial charge in [-0.1, -0.05) is 42.5 Å². The average molecular weight is 390 g/mol. The highest BCUT2D eigenvalue weighted by molar-refractivity contribution is 5.84. The third-order valence-electron chi connectivity index (χ3n) is 4.93. The van der Waals surface area contributed by atoms with Crippen LogP contribution in [0.5, 0.6) is 0 Å². The number of piperazine rings is 1. The Hall–Kier alpha value is -3.48. The molecule has 0 bridgehead atoms. The van der Waals surface area contributed by atoms with Crippen LogP contribution in [0.15, 0.2) is 54.6 Å². The number of hydrogen-bond donors (Lipinski definition) is 0. The molecule has 3 aromatic rings. The average Bonchev–Trinajstić information content (AvgIpc) is 2.77. The lowest BCUT2D eigenvalue weighted by Gasteiger charge is -2.36. The van der Waals surface area contributed by atoms with Gasteiger partial charge in [-0.15, -0.1) is 0 Å². The van der Waals surface area contributed by atoms with Gasteiger partial charge in [0.1, 0.15) is 5.69 Å². The summed E-state index contributed by atoms with van der Waals surface area (Å²) in [5.74, 6) is 0.200. The zero-order valence-corrected chi connectivity index (χ0v) is 16.2. The van der Waals surface area contributed by atoms with Gasteiger partial charge in [-0.25, -0.2) is 9.97 Å². The summed E-state index contributed by atoms with van der Waals surface area (Å²) in [5.41, 5.74) is 3.54. The lowest BCUT2D eigenvalue weighted by molar-refractivity contribution is -0.150. The molecule has 0 N–H and O–H groups in total. The summed E-state index contributed by atoms with van der Waals surface area (Å²) in [4.78, 5) is 36.8. The van der Waals surface area contributed by atoms with Crippen molar-refractivity contribution in [1.82, 2.24) is 14.9 Å². The number of ether oxygens (including phenoxy) is 1. The molecule has 1 aliphatic heterocycles. The number of nitrogens with zero attached hydrogens (tertiary/aromatic N) is 4. The van der Waals surface area contributed by atoms with E-state index in [0.717, 1.165) is 28.1 Å². The predicted octanol–water partition coefficient (Wildman–Crippen LogP) is 2.51. The second-order valence-electron chi connectivity index (χ2n) is 6.90. The minimum absolute atomic E-state index is 0.173. The van der Waals surface area contributed by atoms with E-state index in [2.05, 4.69) is 4.90 Å². The number of esters is 1. The Bertz CT molecular complexity index is 1030. The third kappa shape index (κ3) is 4.18. The van der Waals surface area contributed by atoms with Crippen LogP contribution in [0.2, 0.25) is 0 Å². The van der Waals surface area contributed by atoms with Gasteiger partial charge in [0.05, 0.1) is 11.0 Å². The Morgan fingerprint density at radius 2 is 1.52 bits per heavy atom. The van der Waals surface area contributed by atoms with Gasteiger partial charge in [0.15, 0.2) is 12.4 Å². The summed E-state index contributed by atoms with van der Waals surface area (Å²) in [6, 6.07) is 17.8. The van der Waals surface area contributed by atoms with Crippen molar-refractivity contribution in [2.45, 2.75) is 6.92 Å². The molecule has 7 nitrogen and oxygen atoms in total. The number of carbonyl (C=O) groups excluding carboxylic acids is 2. The number of aromatic nitrogens is 2. The van der Waals surface area contributed by atoms with Crippen molar-refractivity contribution in [3.8, 4) is 11.3 Å². The van der Waals surface area contributed by atoms with Gasteiger partial charge in [0.25, 0.3) is 5.91 Å². The maximum atomic E-state index is 12.2. The Kier molecular flexibility index (Phi) is 5.37. The number of hydrogen-bond acceptors (Lipinski definition) is 6. The Labute approximate surface area is 168 Å². The largest absolute Gasteiger partial charge is 0.456 e. The number of benzene rings is 2. The van der Waals surface area contributed by atoms with Crippen molar-refractivity contribution in [3.05, 3.63) is 54.6 Å². The Balaban J connectivity index is 1.59. The van der Waals surface area contributed by atoms with E-state index in [1.165, 1.54) is 6.92 Å². The minimum Gasteiger partial charge on any atom is -0.456 e. The van der Waals surface area contributed by atoms with Crippen molar-refractivity contribution in [1.29, 1.82) is 0 Å². The van der Waals surface area contributed by atoms with Crippen LogP contribution in [0, 0.1) is 0 Å². The molecule has 1 aromatic heterocycles. The molecular weight excluding hydrogens is 368 g/mol. The van der Waals surface area contributed by atoms with Crippen molar-refractivity contribution in [2.75, 3.05) is 37.7 Å². The molecule has 0 radical (unpaired) electrons. The summed E-state index contributed by atoms with van der Waals surface area (Å²) >= 11 is 0. The van der Waals surface area contributed by atoms with Crippen LogP contribution in [0.4, 0.5) is 5.82 Å². The molecule has 0 aliphatic carbocycles. The highest BCUT2D eigenvalue weighted by Crippen LogP contribution is 2.30. The number of rotatable bonds is 4. The first-order valence-electron chi connectivity index (χ1n) is 9.60. The minimum atomic E-state index is -0.448. The predicted molar refractivity (Wildman–Crippen MR) is 110 cm³/mol. The number of fused-ring (bicyclic) bond motifs is 1. The van der Waals surface area contributed by atoms with Crippen LogP contribution in [0.25, 0.3) is 22.3 Å². The molecule has 148 valence electrons.